The zero-order chi connectivity index (χ0) is 14.6. The van der Waals surface area contributed by atoms with Gasteiger partial charge in [0, 0.05) is 17.4 Å². The lowest BCUT2D eigenvalue weighted by atomic mass is 10.0. The Kier molecular flexibility index (Phi) is 5.88. The Morgan fingerprint density at radius 2 is 1.95 bits per heavy atom. The minimum atomic E-state index is -3.99. The van der Waals surface area contributed by atoms with Crippen molar-refractivity contribution in [1.29, 1.82) is 0 Å². The second-order valence-corrected chi connectivity index (χ2v) is 7.00. The molecule has 19 heavy (non-hydrogen) atoms. The highest BCUT2D eigenvalue weighted by Gasteiger charge is 2.24. The number of rotatable bonds is 6. The number of hydrogen-bond donors (Lipinski definition) is 1. The van der Waals surface area contributed by atoms with E-state index < -0.39 is 26.6 Å². The maximum absolute atomic E-state index is 13.5. The van der Waals surface area contributed by atoms with Gasteiger partial charge >= 0.3 is 0 Å². The van der Waals surface area contributed by atoms with Gasteiger partial charge in [-0.2, -0.15) is 0 Å². The van der Waals surface area contributed by atoms with Gasteiger partial charge in [-0.15, -0.1) is 0 Å². The number of hydrogen-bond acceptors (Lipinski definition) is 2. The van der Waals surface area contributed by atoms with Crippen LogP contribution < -0.4 is 4.72 Å². The van der Waals surface area contributed by atoms with Gasteiger partial charge in [0.05, 0.1) is 0 Å². The van der Waals surface area contributed by atoms with E-state index in [0.717, 1.165) is 12.1 Å². The first-order chi connectivity index (χ1) is 8.77. The summed E-state index contributed by atoms with van der Waals surface area (Å²) in [6, 6.07) is 2.10. The van der Waals surface area contributed by atoms with E-state index in [9.17, 15) is 17.2 Å². The van der Waals surface area contributed by atoms with E-state index in [4.69, 9.17) is 0 Å². The quantitative estimate of drug-likeness (QED) is 0.797. The van der Waals surface area contributed by atoms with Crippen molar-refractivity contribution >= 4 is 26.0 Å². The molecule has 1 N–H and O–H groups in total. The molecule has 1 aromatic carbocycles. The maximum Gasteiger partial charge on any atom is 0.243 e. The number of sulfonamides is 1. The van der Waals surface area contributed by atoms with Crippen molar-refractivity contribution in [3.05, 3.63) is 29.8 Å². The Morgan fingerprint density at radius 1 is 1.32 bits per heavy atom. The Balaban J connectivity index is 3.03. The molecule has 3 nitrogen and oxygen atoms in total. The molecule has 7 heteroatoms. The van der Waals surface area contributed by atoms with Crippen molar-refractivity contribution < 1.29 is 17.2 Å². The van der Waals surface area contributed by atoms with Crippen LogP contribution in [0.15, 0.2) is 23.1 Å². The van der Waals surface area contributed by atoms with E-state index in [2.05, 4.69) is 20.7 Å². The summed E-state index contributed by atoms with van der Waals surface area (Å²) >= 11 is 3.25. The minimum absolute atomic E-state index is 0.0656. The molecule has 0 aliphatic rings. The molecule has 0 saturated heterocycles. The molecule has 0 aliphatic heterocycles. The van der Waals surface area contributed by atoms with Crippen LogP contribution >= 0.6 is 15.9 Å². The molecule has 0 aliphatic carbocycles. The largest absolute Gasteiger partial charge is 0.243 e. The number of halogens is 3. The molecule has 1 aromatic rings. The molecule has 1 atom stereocenters. The van der Waals surface area contributed by atoms with Crippen molar-refractivity contribution in [2.45, 2.75) is 31.2 Å². The summed E-state index contributed by atoms with van der Waals surface area (Å²) in [6.45, 7) is 3.74. The van der Waals surface area contributed by atoms with Gasteiger partial charge in [-0.3, -0.25) is 0 Å². The molecule has 108 valence electrons. The fraction of sp³-hybridized carbons (Fsp3) is 0.500. The van der Waals surface area contributed by atoms with Crippen molar-refractivity contribution in [2.24, 2.45) is 5.92 Å². The third kappa shape index (κ3) is 4.50. The predicted octanol–water partition coefficient (Wildman–Crippen LogP) is 3.05. The van der Waals surface area contributed by atoms with E-state index in [1.165, 1.54) is 0 Å². The first kappa shape index (κ1) is 16.5. The zero-order valence-corrected chi connectivity index (χ0v) is 13.1. The van der Waals surface area contributed by atoms with Crippen molar-refractivity contribution in [1.82, 2.24) is 4.72 Å². The monoisotopic (exact) mass is 355 g/mol. The normalized spacial score (nSPS) is 13.8. The molecule has 1 rings (SSSR count). The third-order valence-corrected chi connectivity index (χ3v) is 4.70. The summed E-state index contributed by atoms with van der Waals surface area (Å²) in [5.74, 6) is -1.83. The highest BCUT2D eigenvalue weighted by molar-refractivity contribution is 9.09. The van der Waals surface area contributed by atoms with Crippen LogP contribution in [0.25, 0.3) is 0 Å². The van der Waals surface area contributed by atoms with Gasteiger partial charge in [0.1, 0.15) is 16.5 Å². The molecule has 0 spiro atoms. The summed E-state index contributed by atoms with van der Waals surface area (Å²) in [4.78, 5) is -0.533. The van der Waals surface area contributed by atoms with Crippen LogP contribution in [0, 0.1) is 17.6 Å². The predicted molar refractivity (Wildman–Crippen MR) is 73.7 cm³/mol. The average Bonchev–Trinajstić information content (AvgIpc) is 2.27. The lowest BCUT2D eigenvalue weighted by Crippen LogP contribution is -2.39. The highest BCUT2D eigenvalue weighted by Crippen LogP contribution is 2.18. The lowest BCUT2D eigenvalue weighted by molar-refractivity contribution is 0.438. The molecular weight excluding hydrogens is 340 g/mol. The van der Waals surface area contributed by atoms with Crippen molar-refractivity contribution in [3.8, 4) is 0 Å². The van der Waals surface area contributed by atoms with Crippen molar-refractivity contribution in [3.63, 3.8) is 0 Å². The number of nitrogens with one attached hydrogen (secondary N) is 1. The van der Waals surface area contributed by atoms with Crippen LogP contribution in [0.3, 0.4) is 0 Å². The molecule has 0 bridgehead atoms. The van der Waals surface area contributed by atoms with E-state index >= 15 is 0 Å². The van der Waals surface area contributed by atoms with Crippen LogP contribution in [0.5, 0.6) is 0 Å². The Bertz CT molecular complexity index is 535. The fourth-order valence-electron chi connectivity index (χ4n) is 1.60. The van der Waals surface area contributed by atoms with E-state index in [1.807, 2.05) is 13.8 Å². The van der Waals surface area contributed by atoms with Crippen LogP contribution in [0.1, 0.15) is 20.3 Å². The second-order valence-electron chi connectivity index (χ2n) is 4.52. The van der Waals surface area contributed by atoms with E-state index in [-0.39, 0.29) is 12.0 Å². The molecule has 0 radical (unpaired) electrons. The summed E-state index contributed by atoms with van der Waals surface area (Å²) in [7, 11) is -3.99. The first-order valence-electron chi connectivity index (χ1n) is 5.81. The summed E-state index contributed by atoms with van der Waals surface area (Å²) in [6.07, 6.45) is 0.583. The van der Waals surface area contributed by atoms with Gasteiger partial charge in [-0.25, -0.2) is 21.9 Å². The van der Waals surface area contributed by atoms with Crippen LogP contribution in [-0.2, 0) is 10.0 Å². The lowest BCUT2D eigenvalue weighted by Gasteiger charge is -2.21. The molecule has 0 heterocycles. The molecule has 0 saturated carbocycles. The van der Waals surface area contributed by atoms with Gasteiger partial charge in [-0.1, -0.05) is 29.8 Å². The Hall–Kier alpha value is -0.530. The fourth-order valence-corrected chi connectivity index (χ4v) is 3.57. The second kappa shape index (κ2) is 6.76. The van der Waals surface area contributed by atoms with Gasteiger partial charge in [0.25, 0.3) is 0 Å². The van der Waals surface area contributed by atoms with Crippen LogP contribution in [0.2, 0.25) is 0 Å². The number of alkyl halides is 1. The maximum atomic E-state index is 13.5. The SMILES string of the molecule is CC(C)C(CCBr)NS(=O)(=O)c1ccc(F)cc1F. The van der Waals surface area contributed by atoms with E-state index in [0.29, 0.717) is 17.8 Å². The Labute approximate surface area is 120 Å². The van der Waals surface area contributed by atoms with Gasteiger partial charge in [-0.05, 0) is 24.5 Å². The average molecular weight is 356 g/mol. The molecule has 0 aromatic heterocycles. The first-order valence-corrected chi connectivity index (χ1v) is 8.41. The van der Waals surface area contributed by atoms with Crippen LogP contribution in [0.4, 0.5) is 8.78 Å². The summed E-state index contributed by atoms with van der Waals surface area (Å²) in [5, 5.41) is 0.629. The standard InChI is InChI=1S/C12H16BrF2NO2S/c1-8(2)11(5-6-13)16-19(17,18)12-4-3-9(14)7-10(12)15/h3-4,7-8,11,16H,5-6H2,1-2H3. The molecule has 0 fully saturated rings. The topological polar surface area (TPSA) is 46.2 Å². The Morgan fingerprint density at radius 3 is 2.42 bits per heavy atom. The molecule has 0 amide bonds. The summed E-state index contributed by atoms with van der Waals surface area (Å²) in [5.41, 5.74) is 0. The third-order valence-electron chi connectivity index (χ3n) is 2.71. The smallest absolute Gasteiger partial charge is 0.208 e. The van der Waals surface area contributed by atoms with Crippen LogP contribution in [-0.4, -0.2) is 19.8 Å². The zero-order valence-electron chi connectivity index (χ0n) is 10.7. The van der Waals surface area contributed by atoms with Gasteiger partial charge in [0.15, 0.2) is 0 Å². The number of benzene rings is 1. The molecule has 1 unspecified atom stereocenters. The van der Waals surface area contributed by atoms with E-state index in [1.54, 1.807) is 0 Å². The van der Waals surface area contributed by atoms with Gasteiger partial charge < -0.3 is 0 Å². The minimum Gasteiger partial charge on any atom is -0.208 e. The van der Waals surface area contributed by atoms with Crippen molar-refractivity contribution in [2.75, 3.05) is 5.33 Å². The van der Waals surface area contributed by atoms with Gasteiger partial charge in [0.2, 0.25) is 10.0 Å². The summed E-state index contributed by atoms with van der Waals surface area (Å²) < 4.78 is 52.9. The molecular formula is C12H16BrF2NO2S. The highest BCUT2D eigenvalue weighted by atomic mass is 79.9.